The first-order chi connectivity index (χ1) is 8.87. The molecule has 0 radical (unpaired) electrons. The van der Waals surface area contributed by atoms with E-state index in [0.717, 1.165) is 16.8 Å². The van der Waals surface area contributed by atoms with Crippen molar-refractivity contribution in [2.45, 2.75) is 12.8 Å². The molecule has 1 amide bonds. The molecule has 2 rings (SSSR count). The number of carbonyl (C=O) groups excluding carboxylic acids is 1. The van der Waals surface area contributed by atoms with Gasteiger partial charge in [-0.2, -0.15) is 0 Å². The number of benzene rings is 1. The minimum absolute atomic E-state index is 0.0722. The normalized spacial score (nSPS) is 15.3. The first kappa shape index (κ1) is 14.1. The number of halogens is 1. The number of anilines is 1. The summed E-state index contributed by atoms with van der Waals surface area (Å²) < 4.78 is 21.5. The smallest absolute Gasteiger partial charge is 0.232 e. The Hall–Kier alpha value is -1.33. The molecule has 0 aromatic heterocycles. The number of hydrogen-bond donors (Lipinski definition) is 0. The summed E-state index contributed by atoms with van der Waals surface area (Å²) in [5.41, 5.74) is 2.89. The van der Waals surface area contributed by atoms with Gasteiger partial charge < -0.3 is 4.90 Å². The third kappa shape index (κ3) is 3.58. The van der Waals surface area contributed by atoms with E-state index < -0.39 is 9.05 Å². The van der Waals surface area contributed by atoms with Crippen LogP contribution in [0.25, 0.3) is 6.08 Å². The van der Waals surface area contributed by atoms with Crippen molar-refractivity contribution >= 4 is 37.4 Å². The number of hydrogen-bond acceptors (Lipinski definition) is 3. The summed E-state index contributed by atoms with van der Waals surface area (Å²) in [5, 5.41) is 0. The second-order valence-corrected chi connectivity index (χ2v) is 7.35. The summed E-state index contributed by atoms with van der Waals surface area (Å²) in [7, 11) is 3.44. The molecule has 0 fully saturated rings. The minimum Gasteiger partial charge on any atom is -0.315 e. The highest BCUT2D eigenvalue weighted by Crippen LogP contribution is 2.28. The molecule has 0 N–H and O–H groups in total. The number of allylic oxidation sites excluding steroid dienone is 1. The van der Waals surface area contributed by atoms with E-state index in [0.29, 0.717) is 12.8 Å². The molecule has 0 unspecified atom stereocenters. The van der Waals surface area contributed by atoms with Crippen LogP contribution in [0.15, 0.2) is 24.3 Å². The second-order valence-electron chi connectivity index (χ2n) is 4.45. The number of fused-ring (bicyclic) bond motifs is 1. The fourth-order valence-corrected chi connectivity index (χ4v) is 2.71. The van der Waals surface area contributed by atoms with E-state index in [4.69, 9.17) is 10.7 Å². The summed E-state index contributed by atoms with van der Waals surface area (Å²) in [6.07, 6.45) is 4.40. The lowest BCUT2D eigenvalue weighted by Crippen LogP contribution is -2.20. The lowest BCUT2D eigenvalue weighted by Gasteiger charge is -2.09. The lowest BCUT2D eigenvalue weighted by atomic mass is 10.1. The van der Waals surface area contributed by atoms with Gasteiger partial charge in [0.1, 0.15) is 0 Å². The Morgan fingerprint density at radius 2 is 2.16 bits per heavy atom. The van der Waals surface area contributed by atoms with Crippen LogP contribution in [0.5, 0.6) is 0 Å². The van der Waals surface area contributed by atoms with E-state index in [2.05, 4.69) is 0 Å². The van der Waals surface area contributed by atoms with Gasteiger partial charge in [0.25, 0.3) is 0 Å². The molecule has 102 valence electrons. The van der Waals surface area contributed by atoms with Crippen molar-refractivity contribution in [1.29, 1.82) is 0 Å². The topological polar surface area (TPSA) is 54.5 Å². The van der Waals surface area contributed by atoms with Crippen LogP contribution < -0.4 is 4.90 Å². The average molecular weight is 300 g/mol. The van der Waals surface area contributed by atoms with Crippen LogP contribution in [0.4, 0.5) is 5.69 Å². The van der Waals surface area contributed by atoms with Gasteiger partial charge in [0.05, 0.1) is 12.2 Å². The molecule has 0 atom stereocenters. The zero-order valence-electron chi connectivity index (χ0n) is 10.5. The maximum atomic E-state index is 11.5. The molecule has 4 nitrogen and oxygen atoms in total. The molecule has 19 heavy (non-hydrogen) atoms. The van der Waals surface area contributed by atoms with Gasteiger partial charge in [-0.05, 0) is 29.7 Å². The predicted molar refractivity (Wildman–Crippen MR) is 76.8 cm³/mol. The van der Waals surface area contributed by atoms with Gasteiger partial charge in [0.2, 0.25) is 15.0 Å². The largest absolute Gasteiger partial charge is 0.315 e. The van der Waals surface area contributed by atoms with E-state index in [1.165, 1.54) is 0 Å². The Bertz CT molecular complexity index is 637. The molecular formula is C13H14ClNO3S. The third-order valence-electron chi connectivity index (χ3n) is 3.02. The van der Waals surface area contributed by atoms with Crippen LogP contribution in [0.2, 0.25) is 0 Å². The first-order valence-corrected chi connectivity index (χ1v) is 8.33. The van der Waals surface area contributed by atoms with Crippen LogP contribution in [0.3, 0.4) is 0 Å². The number of carbonyl (C=O) groups is 1. The molecular weight excluding hydrogens is 286 g/mol. The maximum absolute atomic E-state index is 11.5. The quantitative estimate of drug-likeness (QED) is 0.801. The van der Waals surface area contributed by atoms with Gasteiger partial charge in [-0.25, -0.2) is 8.42 Å². The number of rotatable bonds is 4. The summed E-state index contributed by atoms with van der Waals surface area (Å²) in [6, 6.07) is 5.75. The van der Waals surface area contributed by atoms with Crippen molar-refractivity contribution in [2.75, 3.05) is 17.7 Å². The Kier molecular flexibility index (Phi) is 3.96. The highest BCUT2D eigenvalue weighted by atomic mass is 35.7. The van der Waals surface area contributed by atoms with Crippen LogP contribution in [-0.2, 0) is 20.3 Å². The van der Waals surface area contributed by atoms with Crippen LogP contribution >= 0.6 is 10.7 Å². The molecule has 0 spiro atoms. The lowest BCUT2D eigenvalue weighted by molar-refractivity contribution is -0.117. The molecule has 1 aliphatic heterocycles. The Balaban J connectivity index is 2.06. The highest BCUT2D eigenvalue weighted by Gasteiger charge is 2.23. The van der Waals surface area contributed by atoms with Crippen molar-refractivity contribution in [3.8, 4) is 0 Å². The maximum Gasteiger partial charge on any atom is 0.232 e. The van der Waals surface area contributed by atoms with Gasteiger partial charge >= 0.3 is 0 Å². The molecule has 0 saturated heterocycles. The number of nitrogens with zero attached hydrogens (tertiary/aromatic N) is 1. The van der Waals surface area contributed by atoms with Crippen molar-refractivity contribution < 1.29 is 13.2 Å². The van der Waals surface area contributed by atoms with Crippen molar-refractivity contribution in [2.24, 2.45) is 0 Å². The first-order valence-electron chi connectivity index (χ1n) is 5.85. The van der Waals surface area contributed by atoms with Crippen molar-refractivity contribution in [3.63, 3.8) is 0 Å². The van der Waals surface area contributed by atoms with Crippen LogP contribution in [-0.4, -0.2) is 27.1 Å². The van der Waals surface area contributed by atoms with E-state index in [1.807, 2.05) is 24.3 Å². The monoisotopic (exact) mass is 299 g/mol. The van der Waals surface area contributed by atoms with Gasteiger partial charge in [-0.1, -0.05) is 18.2 Å². The Morgan fingerprint density at radius 3 is 2.84 bits per heavy atom. The van der Waals surface area contributed by atoms with E-state index in [1.54, 1.807) is 18.0 Å². The summed E-state index contributed by atoms with van der Waals surface area (Å²) in [4.78, 5) is 13.2. The van der Waals surface area contributed by atoms with Crippen molar-refractivity contribution in [1.82, 2.24) is 0 Å². The van der Waals surface area contributed by atoms with Gasteiger partial charge in [-0.15, -0.1) is 0 Å². The zero-order chi connectivity index (χ0) is 14.0. The molecule has 1 aromatic rings. The second kappa shape index (κ2) is 5.35. The number of amides is 1. The highest BCUT2D eigenvalue weighted by molar-refractivity contribution is 8.13. The van der Waals surface area contributed by atoms with Gasteiger partial charge in [0.15, 0.2) is 0 Å². The molecule has 0 aliphatic carbocycles. The minimum atomic E-state index is -3.43. The average Bonchev–Trinajstić information content (AvgIpc) is 2.59. The van der Waals surface area contributed by atoms with E-state index >= 15 is 0 Å². The van der Waals surface area contributed by atoms with Gasteiger partial charge in [-0.3, -0.25) is 4.79 Å². The fourth-order valence-electron chi connectivity index (χ4n) is 2.02. The van der Waals surface area contributed by atoms with E-state index in [9.17, 15) is 13.2 Å². The summed E-state index contributed by atoms with van der Waals surface area (Å²) in [6.45, 7) is 0. The Labute approximate surface area is 117 Å². The third-order valence-corrected chi connectivity index (χ3v) is 4.21. The molecule has 1 aromatic carbocycles. The molecule has 1 heterocycles. The van der Waals surface area contributed by atoms with Crippen molar-refractivity contribution in [3.05, 3.63) is 35.4 Å². The standard InChI is InChI=1S/C13H14ClNO3S/c1-15-12-6-5-10(8-11(12)9-13(15)16)4-2-3-7-19(14,17)18/h2,4-6,8H,3,7,9H2,1H3/b4-2+. The fraction of sp³-hybridized carbons (Fsp3) is 0.308. The van der Waals surface area contributed by atoms with Gasteiger partial charge in [0, 0.05) is 23.4 Å². The number of likely N-dealkylation sites (N-methyl/N-ethyl adjacent to an activating group) is 1. The molecule has 6 heteroatoms. The Morgan fingerprint density at radius 1 is 1.42 bits per heavy atom. The summed E-state index contributed by atoms with van der Waals surface area (Å²) in [5.74, 6) is 0.0152. The molecule has 0 saturated carbocycles. The van der Waals surface area contributed by atoms with E-state index in [-0.39, 0.29) is 11.7 Å². The SMILES string of the molecule is CN1C(=O)Cc2cc(/C=C/CCS(=O)(=O)Cl)ccc21. The van der Waals surface area contributed by atoms with Crippen LogP contribution in [0, 0.1) is 0 Å². The summed E-state index contributed by atoms with van der Waals surface area (Å²) >= 11 is 0. The van der Waals surface area contributed by atoms with Crippen LogP contribution in [0.1, 0.15) is 17.5 Å². The molecule has 1 aliphatic rings. The predicted octanol–water partition coefficient (Wildman–Crippen LogP) is 2.18. The zero-order valence-corrected chi connectivity index (χ0v) is 12.0. The molecule has 0 bridgehead atoms.